The van der Waals surface area contributed by atoms with Gasteiger partial charge < -0.3 is 10.1 Å². The molecule has 4 heteroatoms. The second kappa shape index (κ2) is 4.39. The highest BCUT2D eigenvalue weighted by molar-refractivity contribution is 6.24. The van der Waals surface area contributed by atoms with Gasteiger partial charge >= 0.3 is 0 Å². The summed E-state index contributed by atoms with van der Waals surface area (Å²) in [6.45, 7) is 2.06. The predicted octanol–water partition coefficient (Wildman–Crippen LogP) is 1.95. The van der Waals surface area contributed by atoms with Crippen LogP contribution in [0.5, 0.6) is 0 Å². The van der Waals surface area contributed by atoms with Crippen molar-refractivity contribution in [2.45, 2.75) is 5.12 Å². The fourth-order valence-electron chi connectivity index (χ4n) is 1.57. The Hall–Kier alpha value is -0.770. The summed E-state index contributed by atoms with van der Waals surface area (Å²) in [6, 6.07) is 9.92. The minimum atomic E-state index is -0.625. The normalized spacial score (nSPS) is 27.6. The van der Waals surface area contributed by atoms with E-state index in [4.69, 9.17) is 16.3 Å². The Labute approximate surface area is 95.0 Å². The largest absolute Gasteiger partial charge is 0.375 e. The van der Waals surface area contributed by atoms with E-state index in [1.165, 1.54) is 0 Å². The molecule has 1 heterocycles. The molecule has 0 radical (unpaired) electrons. The van der Waals surface area contributed by atoms with Crippen molar-refractivity contribution in [3.63, 3.8) is 0 Å². The Morgan fingerprint density at radius 3 is 2.80 bits per heavy atom. The molecule has 15 heavy (non-hydrogen) atoms. The van der Waals surface area contributed by atoms with Crippen molar-refractivity contribution in [2.75, 3.05) is 32.1 Å². The summed E-state index contributed by atoms with van der Waals surface area (Å²) >= 11 is 6.45. The van der Waals surface area contributed by atoms with Crippen molar-refractivity contribution in [2.24, 2.45) is 0 Å². The Morgan fingerprint density at radius 1 is 1.40 bits per heavy atom. The molecule has 1 atom stereocenters. The average Bonchev–Trinajstić information content (AvgIpc) is 2.24. The van der Waals surface area contributed by atoms with Crippen molar-refractivity contribution in [3.05, 3.63) is 30.3 Å². The van der Waals surface area contributed by atoms with Crippen LogP contribution in [0, 0.1) is 0 Å². The third-order valence-electron chi connectivity index (χ3n) is 2.58. The predicted molar refractivity (Wildman–Crippen MR) is 62.1 cm³/mol. The molecule has 0 aromatic heterocycles. The first kappa shape index (κ1) is 10.7. The van der Waals surface area contributed by atoms with E-state index in [0.29, 0.717) is 6.61 Å². The number of ether oxygens (including phenoxy) is 1. The van der Waals surface area contributed by atoms with Crippen molar-refractivity contribution in [3.8, 4) is 0 Å². The van der Waals surface area contributed by atoms with Crippen LogP contribution in [0.1, 0.15) is 0 Å². The fourth-order valence-corrected chi connectivity index (χ4v) is 1.84. The van der Waals surface area contributed by atoms with E-state index in [2.05, 4.69) is 10.2 Å². The highest BCUT2D eigenvalue weighted by Crippen LogP contribution is 2.25. The molecular formula is C11H15ClN2O. The van der Waals surface area contributed by atoms with Gasteiger partial charge in [0.1, 0.15) is 0 Å². The van der Waals surface area contributed by atoms with Crippen LogP contribution in [-0.2, 0) is 4.74 Å². The van der Waals surface area contributed by atoms with Gasteiger partial charge in [-0.2, -0.15) is 0 Å². The summed E-state index contributed by atoms with van der Waals surface area (Å²) in [4.78, 5) is 2.06. The molecule has 1 aliphatic rings. The van der Waals surface area contributed by atoms with Crippen molar-refractivity contribution in [1.29, 1.82) is 0 Å². The third-order valence-corrected chi connectivity index (χ3v) is 3.07. The minimum absolute atomic E-state index is 0.486. The zero-order valence-electron chi connectivity index (χ0n) is 8.74. The van der Waals surface area contributed by atoms with Crippen LogP contribution in [-0.4, -0.2) is 36.8 Å². The molecule has 0 aliphatic carbocycles. The monoisotopic (exact) mass is 226 g/mol. The maximum atomic E-state index is 6.45. The summed E-state index contributed by atoms with van der Waals surface area (Å²) in [6.07, 6.45) is 0. The van der Waals surface area contributed by atoms with E-state index in [1.807, 2.05) is 37.4 Å². The summed E-state index contributed by atoms with van der Waals surface area (Å²) in [5.74, 6) is 0. The molecule has 0 saturated carbocycles. The number of benzene rings is 1. The Morgan fingerprint density at radius 2 is 2.13 bits per heavy atom. The number of halogens is 1. The maximum absolute atomic E-state index is 6.45. The number of nitrogens with zero attached hydrogens (tertiary/aromatic N) is 1. The minimum Gasteiger partial charge on any atom is -0.375 e. The molecule has 1 aromatic carbocycles. The third kappa shape index (κ3) is 2.43. The molecule has 1 N–H and O–H groups in total. The SMILES string of the molecule is CN1CCOCC1(Cl)Nc1ccccc1. The van der Waals surface area contributed by atoms with Gasteiger partial charge in [-0.3, -0.25) is 4.90 Å². The van der Waals surface area contributed by atoms with Crippen LogP contribution in [0.25, 0.3) is 0 Å². The summed E-state index contributed by atoms with van der Waals surface area (Å²) in [7, 11) is 1.99. The second-order valence-electron chi connectivity index (χ2n) is 3.72. The van der Waals surface area contributed by atoms with Gasteiger partial charge in [-0.25, -0.2) is 0 Å². The molecule has 1 aliphatic heterocycles. The van der Waals surface area contributed by atoms with Crippen molar-refractivity contribution >= 4 is 17.3 Å². The van der Waals surface area contributed by atoms with Crippen LogP contribution in [0.3, 0.4) is 0 Å². The topological polar surface area (TPSA) is 24.5 Å². The molecule has 82 valence electrons. The van der Waals surface area contributed by atoms with E-state index in [-0.39, 0.29) is 0 Å². The molecule has 3 nitrogen and oxygen atoms in total. The molecule has 0 spiro atoms. The van der Waals surface area contributed by atoms with E-state index in [0.717, 1.165) is 18.8 Å². The first-order valence-corrected chi connectivity index (χ1v) is 5.40. The number of hydrogen-bond acceptors (Lipinski definition) is 3. The van der Waals surface area contributed by atoms with Gasteiger partial charge in [0.2, 0.25) is 0 Å². The van der Waals surface area contributed by atoms with Crippen LogP contribution in [0.2, 0.25) is 0 Å². The molecule has 1 fully saturated rings. The molecular weight excluding hydrogens is 212 g/mol. The lowest BCUT2D eigenvalue weighted by Gasteiger charge is -2.40. The molecule has 2 rings (SSSR count). The lowest BCUT2D eigenvalue weighted by Crippen LogP contribution is -2.56. The summed E-state index contributed by atoms with van der Waals surface area (Å²) in [5, 5.41) is 2.65. The highest BCUT2D eigenvalue weighted by atomic mass is 35.5. The summed E-state index contributed by atoms with van der Waals surface area (Å²) in [5.41, 5.74) is 1.00. The van der Waals surface area contributed by atoms with Crippen molar-refractivity contribution < 1.29 is 4.74 Å². The number of morpholine rings is 1. The van der Waals surface area contributed by atoms with Gasteiger partial charge in [-0.1, -0.05) is 29.8 Å². The van der Waals surface area contributed by atoms with Gasteiger partial charge in [-0.05, 0) is 19.2 Å². The zero-order valence-corrected chi connectivity index (χ0v) is 9.50. The number of likely N-dealkylation sites (N-methyl/N-ethyl adjacent to an activating group) is 1. The molecule has 1 unspecified atom stereocenters. The fraction of sp³-hybridized carbons (Fsp3) is 0.455. The quantitative estimate of drug-likeness (QED) is 0.616. The lowest BCUT2D eigenvalue weighted by atomic mass is 10.3. The van der Waals surface area contributed by atoms with Gasteiger partial charge in [0.25, 0.3) is 0 Å². The molecule has 0 amide bonds. The number of alkyl halides is 1. The molecule has 1 saturated heterocycles. The Kier molecular flexibility index (Phi) is 3.14. The number of hydrogen-bond donors (Lipinski definition) is 1. The number of rotatable bonds is 2. The van der Waals surface area contributed by atoms with Gasteiger partial charge in [-0.15, -0.1) is 0 Å². The van der Waals surface area contributed by atoms with E-state index in [9.17, 15) is 0 Å². The lowest BCUT2D eigenvalue weighted by molar-refractivity contribution is -0.00243. The maximum Gasteiger partial charge on any atom is 0.192 e. The number of anilines is 1. The van der Waals surface area contributed by atoms with Gasteiger partial charge in [0.15, 0.2) is 5.12 Å². The zero-order chi connectivity index (χ0) is 10.7. The van der Waals surface area contributed by atoms with Gasteiger partial charge in [0, 0.05) is 12.2 Å². The van der Waals surface area contributed by atoms with Crippen molar-refractivity contribution in [1.82, 2.24) is 4.90 Å². The molecule has 1 aromatic rings. The van der Waals surface area contributed by atoms with Gasteiger partial charge in [0.05, 0.1) is 13.2 Å². The smallest absolute Gasteiger partial charge is 0.192 e. The van der Waals surface area contributed by atoms with Crippen LogP contribution in [0.4, 0.5) is 5.69 Å². The first-order valence-electron chi connectivity index (χ1n) is 5.02. The highest BCUT2D eigenvalue weighted by Gasteiger charge is 2.35. The van der Waals surface area contributed by atoms with Crippen LogP contribution >= 0.6 is 11.6 Å². The first-order chi connectivity index (χ1) is 7.21. The van der Waals surface area contributed by atoms with E-state index >= 15 is 0 Å². The van der Waals surface area contributed by atoms with E-state index in [1.54, 1.807) is 0 Å². The standard InChI is InChI=1S/C11H15ClN2O/c1-14-7-8-15-9-11(14,12)13-10-5-3-2-4-6-10/h2-6,13H,7-9H2,1H3. The Bertz CT molecular complexity index is 320. The van der Waals surface area contributed by atoms with Crippen LogP contribution < -0.4 is 5.32 Å². The number of para-hydroxylation sites is 1. The van der Waals surface area contributed by atoms with Crippen LogP contribution in [0.15, 0.2) is 30.3 Å². The van der Waals surface area contributed by atoms with E-state index < -0.39 is 5.12 Å². The molecule has 0 bridgehead atoms. The Balaban J connectivity index is 2.09. The second-order valence-corrected chi connectivity index (χ2v) is 4.35. The average molecular weight is 227 g/mol. The number of nitrogens with one attached hydrogen (secondary N) is 1. The summed E-state index contributed by atoms with van der Waals surface area (Å²) < 4.78 is 5.39.